The summed E-state index contributed by atoms with van der Waals surface area (Å²) in [5.41, 5.74) is 19.1. The summed E-state index contributed by atoms with van der Waals surface area (Å²) in [5.74, 6) is -10.5. The number of amides is 11. The molecule has 2 aliphatic heterocycles. The molecule has 11 amide bonds. The van der Waals surface area contributed by atoms with Gasteiger partial charge in [-0.25, -0.2) is 9.78 Å². The number of nitrogens with one attached hydrogen (secondary N) is 11. The Bertz CT molecular complexity index is 3070. The molecule has 32 heteroatoms. The van der Waals surface area contributed by atoms with E-state index in [1.54, 1.807) is 20.0 Å². The van der Waals surface area contributed by atoms with Gasteiger partial charge in [0.15, 0.2) is 0 Å². The molecule has 12 atom stereocenters. The summed E-state index contributed by atoms with van der Waals surface area (Å²) in [4.78, 5) is 179. The van der Waals surface area contributed by atoms with Gasteiger partial charge in [0.25, 0.3) is 0 Å². The minimum atomic E-state index is -1.81. The molecule has 3 aromatic rings. The Kier molecular flexibility index (Phi) is 30.2. The van der Waals surface area contributed by atoms with Crippen LogP contribution in [-0.2, 0) is 70.4 Å². The number of carbonyl (C=O) groups excluding carboxylic acids is 11. The molecule has 4 heterocycles. The average Bonchev–Trinajstić information content (AvgIpc) is 1.62. The van der Waals surface area contributed by atoms with Crippen LogP contribution in [-0.4, -0.2) is 223 Å². The number of carboxylic acid groups (broad SMARTS) is 1. The van der Waals surface area contributed by atoms with Crippen molar-refractivity contribution in [3.05, 3.63) is 54.2 Å². The van der Waals surface area contributed by atoms with Crippen LogP contribution in [0.15, 0.2) is 43.0 Å². The van der Waals surface area contributed by atoms with Crippen molar-refractivity contribution in [2.75, 3.05) is 39.3 Å². The van der Waals surface area contributed by atoms with Gasteiger partial charge in [0.1, 0.15) is 60.4 Å². The molecule has 0 unspecified atom stereocenters. The van der Waals surface area contributed by atoms with Crippen molar-refractivity contribution in [1.82, 2.24) is 72.6 Å². The number of unbranched alkanes of at least 4 members (excludes halogenated alkanes) is 2. The molecular weight excluding hydrogens is 1220 g/mol. The third-order valence-corrected chi connectivity index (χ3v) is 16.4. The zero-order valence-corrected chi connectivity index (χ0v) is 54.4. The second kappa shape index (κ2) is 37.3. The number of H-pyrrole nitrogens is 2. The first-order valence-corrected chi connectivity index (χ1v) is 32.2. The topological polar surface area (TPSA) is 503 Å². The van der Waals surface area contributed by atoms with E-state index in [9.17, 15) is 68.1 Å². The van der Waals surface area contributed by atoms with E-state index in [4.69, 9.17) is 17.2 Å². The predicted octanol–water partition coefficient (Wildman–Crippen LogP) is -3.58. The van der Waals surface area contributed by atoms with Crippen molar-refractivity contribution in [1.29, 1.82) is 0 Å². The highest BCUT2D eigenvalue weighted by Crippen LogP contribution is 2.28. The van der Waals surface area contributed by atoms with Gasteiger partial charge in [-0.1, -0.05) is 45.9 Å². The molecule has 0 radical (unpaired) electrons. The quantitative estimate of drug-likeness (QED) is 0.0247. The van der Waals surface area contributed by atoms with E-state index < -0.39 is 163 Å². The normalized spacial score (nSPS) is 17.9. The van der Waals surface area contributed by atoms with Gasteiger partial charge in [0, 0.05) is 54.9 Å². The van der Waals surface area contributed by atoms with Crippen LogP contribution in [0.4, 0.5) is 0 Å². The number of nitrogens with zero attached hydrogens (tertiary/aromatic N) is 3. The number of aromatic nitrogens is 3. The highest BCUT2D eigenvalue weighted by molar-refractivity contribution is 6.00. The summed E-state index contributed by atoms with van der Waals surface area (Å²) >= 11 is 0. The molecule has 1 aromatic carbocycles. The number of carbonyl (C=O) groups is 12. The summed E-state index contributed by atoms with van der Waals surface area (Å²) < 4.78 is 0. The molecule has 94 heavy (non-hydrogen) atoms. The van der Waals surface area contributed by atoms with Crippen LogP contribution in [0.1, 0.15) is 123 Å². The zero-order chi connectivity index (χ0) is 69.3. The monoisotopic (exact) mass is 1320 g/mol. The van der Waals surface area contributed by atoms with E-state index in [1.165, 1.54) is 29.2 Å². The van der Waals surface area contributed by atoms with Gasteiger partial charge in [-0.3, -0.25) is 52.7 Å². The molecule has 0 spiro atoms. The predicted molar refractivity (Wildman–Crippen MR) is 342 cm³/mol. The number of hydrogen-bond acceptors (Lipinski definition) is 18. The van der Waals surface area contributed by atoms with E-state index in [0.29, 0.717) is 43.4 Å². The van der Waals surface area contributed by atoms with Crippen LogP contribution < -0.4 is 65.1 Å². The molecule has 0 saturated carbocycles. The second-order valence-electron chi connectivity index (χ2n) is 24.8. The molecule has 0 aliphatic carbocycles. The van der Waals surface area contributed by atoms with E-state index in [-0.39, 0.29) is 83.5 Å². The number of carboxylic acids is 1. The van der Waals surface area contributed by atoms with Crippen LogP contribution in [0.5, 0.6) is 0 Å². The molecule has 2 fully saturated rings. The summed E-state index contributed by atoms with van der Waals surface area (Å²) in [6, 6.07) is -7.10. The third kappa shape index (κ3) is 22.3. The lowest BCUT2D eigenvalue weighted by molar-refractivity contribution is -0.149. The van der Waals surface area contributed by atoms with Crippen molar-refractivity contribution >= 4 is 81.9 Å². The van der Waals surface area contributed by atoms with E-state index in [2.05, 4.69) is 62.8 Å². The van der Waals surface area contributed by atoms with Gasteiger partial charge in [-0.2, -0.15) is 0 Å². The smallest absolute Gasteiger partial charge is 0.326 e. The summed E-state index contributed by atoms with van der Waals surface area (Å²) in [7, 11) is 0. The minimum absolute atomic E-state index is 0.00703. The molecule has 520 valence electrons. The molecule has 20 N–H and O–H groups in total. The lowest BCUT2D eigenvalue weighted by Crippen LogP contribution is -2.62. The largest absolute Gasteiger partial charge is 0.480 e. The Morgan fingerprint density at radius 3 is 1.78 bits per heavy atom. The van der Waals surface area contributed by atoms with Crippen LogP contribution in [0.2, 0.25) is 0 Å². The Hall–Kier alpha value is -8.59. The molecular formula is C62H97N17O15. The number of aliphatic carboxylic acids is 1. The molecule has 2 aromatic heterocycles. The van der Waals surface area contributed by atoms with Gasteiger partial charge >= 0.3 is 5.97 Å². The Morgan fingerprint density at radius 1 is 0.628 bits per heavy atom. The number of nitrogens with two attached hydrogens (primary N) is 3. The van der Waals surface area contributed by atoms with Crippen LogP contribution in [0, 0.1) is 11.8 Å². The molecule has 5 rings (SSSR count). The Balaban J connectivity index is 1.36. The summed E-state index contributed by atoms with van der Waals surface area (Å²) in [6.07, 6.45) is 5.28. The van der Waals surface area contributed by atoms with Crippen LogP contribution >= 0.6 is 0 Å². The van der Waals surface area contributed by atoms with Crippen molar-refractivity contribution in [3.63, 3.8) is 0 Å². The minimum Gasteiger partial charge on any atom is -0.480 e. The maximum absolute atomic E-state index is 15.2. The molecule has 32 nitrogen and oxygen atoms in total. The number of aliphatic hydroxyl groups excluding tert-OH is 2. The zero-order valence-electron chi connectivity index (χ0n) is 54.4. The fourth-order valence-corrected chi connectivity index (χ4v) is 11.3. The number of para-hydroxylation sites is 1. The highest BCUT2D eigenvalue weighted by atomic mass is 16.4. The van der Waals surface area contributed by atoms with E-state index in [0.717, 1.165) is 17.8 Å². The maximum atomic E-state index is 15.2. The maximum Gasteiger partial charge on any atom is 0.326 e. The van der Waals surface area contributed by atoms with Gasteiger partial charge < -0.3 is 100 Å². The molecule has 2 saturated heterocycles. The van der Waals surface area contributed by atoms with Gasteiger partial charge in [-0.15, -0.1) is 0 Å². The first-order valence-electron chi connectivity index (χ1n) is 32.2. The third-order valence-electron chi connectivity index (χ3n) is 16.4. The number of aromatic amines is 2. The summed E-state index contributed by atoms with van der Waals surface area (Å²) in [5, 5.41) is 54.5. The fourth-order valence-electron chi connectivity index (χ4n) is 11.3. The Morgan fingerprint density at radius 2 is 1.20 bits per heavy atom. The average molecular weight is 1320 g/mol. The van der Waals surface area contributed by atoms with Crippen molar-refractivity contribution in [2.45, 2.75) is 198 Å². The number of fused-ring (bicyclic) bond motifs is 1. The van der Waals surface area contributed by atoms with Crippen LogP contribution in [0.25, 0.3) is 10.9 Å². The van der Waals surface area contributed by atoms with Crippen molar-refractivity contribution in [2.24, 2.45) is 29.0 Å². The number of rotatable bonds is 38. The number of likely N-dealkylation sites (tertiary alicyclic amines) is 2. The highest BCUT2D eigenvalue weighted by Gasteiger charge is 2.45. The van der Waals surface area contributed by atoms with E-state index in [1.807, 2.05) is 38.1 Å². The van der Waals surface area contributed by atoms with E-state index >= 15 is 4.79 Å². The van der Waals surface area contributed by atoms with Gasteiger partial charge in [0.05, 0.1) is 31.6 Å². The fraction of sp³-hybridized carbons (Fsp3) is 0.629. The second-order valence-corrected chi connectivity index (χ2v) is 24.8. The van der Waals surface area contributed by atoms with Crippen molar-refractivity contribution < 1.29 is 72.9 Å². The molecule has 2 aliphatic rings. The molecule has 0 bridgehead atoms. The Labute approximate surface area is 545 Å². The number of aliphatic hydroxyl groups is 2. The summed E-state index contributed by atoms with van der Waals surface area (Å²) in [6.45, 7) is 8.55. The lowest BCUT2D eigenvalue weighted by Gasteiger charge is -2.33. The lowest BCUT2D eigenvalue weighted by atomic mass is 10.0. The standard InChI is InChI=1S/C62H97N17O15/c1-33(2)25-45(62(93)94)75-57(88)47-19-13-23-78(47)61(92)48-20-14-24-79(48)60(91)44(26-37-28-67-40-16-8-7-15-39(37)40)74-54(85)41(17-9-11-21-63)71-55(86)43(27-38-29-66-32-69-38)73-53(84)42(18-10-12-22-64)72-59(90)51(36(6)81)77-56(87)46(31-80)70-49(82)30-68-58(89)50(34(3)4)76-52(83)35(5)65/h7-8,15-16,28-29,32-36,41-48,50-51,67,80-81H,9-14,17-27,30-31,63-65H2,1-6H3,(H,66,69)(H,68,89)(H,70,82)(H,71,86)(H,72,90)(H,73,84)(H,74,85)(H,75,88)(H,76,83)(H,77,87)(H,93,94)/t35-,36+,41-,42-,43-,44-,45-,46-,47-,48-,50-,51-/m0/s1. The number of imidazole rings is 1. The van der Waals surface area contributed by atoms with Crippen molar-refractivity contribution in [3.8, 4) is 0 Å². The van der Waals surface area contributed by atoms with Crippen LogP contribution in [0.3, 0.4) is 0 Å². The SMILES string of the molecule is CC(C)C[C@H](NC(=O)[C@@H]1CCCN1C(=O)[C@@H]1CCCN1C(=O)[C@H](Cc1c[nH]c2ccccc12)NC(=O)[C@H](CCCCN)NC(=O)[C@H](Cc1cnc[nH]1)NC(=O)[C@H](CCCCN)NC(=O)[C@@H](NC(=O)[C@H](CO)NC(=O)CNC(=O)[C@@H](NC(=O)[C@H](C)N)C(C)C)[C@@H](C)O)C(=O)O. The first-order chi connectivity index (χ1) is 44.7. The first kappa shape index (κ1) is 76.1. The number of hydrogen-bond donors (Lipinski definition) is 17. The number of benzene rings is 1. The van der Waals surface area contributed by atoms with Gasteiger partial charge in [-0.05, 0) is 121 Å². The van der Waals surface area contributed by atoms with Gasteiger partial charge in [0.2, 0.25) is 65.0 Å².